The highest BCUT2D eigenvalue weighted by Crippen LogP contribution is 2.20. The van der Waals surface area contributed by atoms with E-state index in [0.29, 0.717) is 1.93 Å². The number of allylic oxidation sites excluding steroid dienone is 2. The predicted octanol–water partition coefficient (Wildman–Crippen LogP) is 5.96. The Bertz CT molecular complexity index is 536. The molecule has 2 aromatic rings. The molecule has 0 aliphatic rings. The second kappa shape index (κ2) is 7.43. The lowest BCUT2D eigenvalue weighted by Gasteiger charge is -2.04. The summed E-state index contributed by atoms with van der Waals surface area (Å²) >= 11 is 4.80. The maximum atomic E-state index is 2.40. The van der Waals surface area contributed by atoms with Crippen molar-refractivity contribution in [3.05, 3.63) is 71.8 Å². The van der Waals surface area contributed by atoms with E-state index in [0.717, 1.165) is 6.42 Å². The van der Waals surface area contributed by atoms with Gasteiger partial charge in [0.05, 0.1) is 1.93 Å². The summed E-state index contributed by atoms with van der Waals surface area (Å²) in [7, 11) is 0. The molecule has 0 fully saturated rings. The Balaban J connectivity index is 2.08. The molecule has 0 radical (unpaired) electrons. The van der Waals surface area contributed by atoms with E-state index in [2.05, 4.69) is 113 Å². The number of hydrogen-bond donors (Lipinski definition) is 0. The lowest BCUT2D eigenvalue weighted by molar-refractivity contribution is 1.26. The van der Waals surface area contributed by atoms with E-state index in [1.165, 1.54) is 22.3 Å². The number of benzene rings is 2. The van der Waals surface area contributed by atoms with Crippen molar-refractivity contribution < 1.29 is 0 Å². The molecule has 98 valence electrons. The van der Waals surface area contributed by atoms with Crippen LogP contribution in [0.5, 0.6) is 0 Å². The molecule has 2 heteroatoms. The van der Waals surface area contributed by atoms with Crippen molar-refractivity contribution in [2.45, 2.75) is 15.3 Å². The molecule has 0 nitrogen and oxygen atoms in total. The van der Waals surface area contributed by atoms with E-state index in [1.54, 1.807) is 0 Å². The zero-order valence-electron chi connectivity index (χ0n) is 10.8. The summed E-state index contributed by atoms with van der Waals surface area (Å²) in [4.78, 5) is 0. The lowest BCUT2D eigenvalue weighted by atomic mass is 10.0. The highest BCUT2D eigenvalue weighted by molar-refractivity contribution is 14.2. The number of halogens is 2. The molecule has 0 N–H and O–H groups in total. The highest BCUT2D eigenvalue weighted by atomic mass is 127. The monoisotopic (exact) mass is 474 g/mol. The molecule has 0 bridgehead atoms. The molecule has 19 heavy (non-hydrogen) atoms. The molecule has 0 saturated heterocycles. The second-order valence-electron chi connectivity index (χ2n) is 4.53. The first-order chi connectivity index (χ1) is 9.15. The molecule has 0 unspecified atom stereocenters. The van der Waals surface area contributed by atoms with Crippen molar-refractivity contribution in [1.29, 1.82) is 0 Å². The quantitative estimate of drug-likeness (QED) is 0.292. The zero-order valence-corrected chi connectivity index (χ0v) is 15.1. The molecule has 0 saturated carbocycles. The maximum absolute atomic E-state index is 2.40. The molecule has 2 aromatic carbocycles. The van der Waals surface area contributed by atoms with Crippen LogP contribution in [0.15, 0.2) is 60.7 Å². The Hall–Kier alpha value is -0.360. The van der Waals surface area contributed by atoms with Crippen LogP contribution >= 0.6 is 45.2 Å². The summed E-state index contributed by atoms with van der Waals surface area (Å²) in [5.74, 6) is 0. The van der Waals surface area contributed by atoms with Crippen LogP contribution in [0.1, 0.15) is 11.1 Å². The van der Waals surface area contributed by atoms with E-state index in [9.17, 15) is 0 Å². The van der Waals surface area contributed by atoms with Crippen LogP contribution in [0.4, 0.5) is 0 Å². The third kappa shape index (κ3) is 4.91. The highest BCUT2D eigenvalue weighted by Gasteiger charge is 1.97. The van der Waals surface area contributed by atoms with Gasteiger partial charge in [0.25, 0.3) is 0 Å². The van der Waals surface area contributed by atoms with Gasteiger partial charge < -0.3 is 0 Å². The van der Waals surface area contributed by atoms with E-state index in [4.69, 9.17) is 0 Å². The number of hydrogen-bond acceptors (Lipinski definition) is 0. The third-order valence-corrected chi connectivity index (χ3v) is 3.80. The van der Waals surface area contributed by atoms with Gasteiger partial charge in [0.1, 0.15) is 0 Å². The van der Waals surface area contributed by atoms with Crippen molar-refractivity contribution >= 4 is 45.2 Å². The molecule has 0 spiro atoms. The van der Waals surface area contributed by atoms with Crippen LogP contribution in [0.2, 0.25) is 0 Å². The molecular weight excluding hydrogens is 458 g/mol. The molecule has 0 aliphatic carbocycles. The van der Waals surface area contributed by atoms with Crippen molar-refractivity contribution in [1.82, 2.24) is 0 Å². The lowest BCUT2D eigenvalue weighted by Crippen LogP contribution is -1.84. The Morgan fingerprint density at radius 3 is 1.95 bits per heavy atom. The number of alkyl halides is 2. The molecule has 2 rings (SSSR count). The Kier molecular flexibility index (Phi) is 5.88. The van der Waals surface area contributed by atoms with Gasteiger partial charge in [-0.1, -0.05) is 111 Å². The van der Waals surface area contributed by atoms with E-state index in [1.807, 2.05) is 0 Å². The van der Waals surface area contributed by atoms with Gasteiger partial charge in [-0.2, -0.15) is 0 Å². The first-order valence-electron chi connectivity index (χ1n) is 6.26. The van der Waals surface area contributed by atoms with Crippen LogP contribution in [-0.2, 0) is 6.42 Å². The van der Waals surface area contributed by atoms with Gasteiger partial charge in [-0.15, -0.1) is 0 Å². The average Bonchev–Trinajstić information content (AvgIpc) is 2.40. The number of aryl methyl sites for hydroxylation is 1. The van der Waals surface area contributed by atoms with Crippen LogP contribution in [-0.4, -0.2) is 1.93 Å². The van der Waals surface area contributed by atoms with E-state index in [-0.39, 0.29) is 0 Å². The van der Waals surface area contributed by atoms with Crippen molar-refractivity contribution in [2.75, 3.05) is 0 Å². The van der Waals surface area contributed by atoms with Crippen LogP contribution in [0.3, 0.4) is 0 Å². The smallest absolute Gasteiger partial charge is 0.0806 e. The topological polar surface area (TPSA) is 0 Å². The average molecular weight is 474 g/mol. The van der Waals surface area contributed by atoms with Crippen molar-refractivity contribution in [3.63, 3.8) is 0 Å². The van der Waals surface area contributed by atoms with Crippen molar-refractivity contribution in [3.8, 4) is 11.1 Å². The molecule has 0 aliphatic heterocycles. The summed E-state index contributed by atoms with van der Waals surface area (Å²) in [6.07, 6.45) is 5.48. The fraction of sp³-hybridized carbons (Fsp3) is 0.176. The van der Waals surface area contributed by atoms with Gasteiger partial charge in [0, 0.05) is 0 Å². The van der Waals surface area contributed by atoms with Crippen LogP contribution in [0, 0.1) is 6.92 Å². The summed E-state index contributed by atoms with van der Waals surface area (Å²) in [6.45, 7) is 2.12. The molecule has 0 atom stereocenters. The Morgan fingerprint density at radius 2 is 1.42 bits per heavy atom. The minimum absolute atomic E-state index is 0.571. The standard InChI is InChI=1S/C17H16I2/c1-13-5-9-15(10-6-13)16-11-7-14(8-12-16)3-2-4-17(18)19/h2,4-12,17H,3H2,1H3. The van der Waals surface area contributed by atoms with Gasteiger partial charge >= 0.3 is 0 Å². The third-order valence-electron chi connectivity index (χ3n) is 2.97. The summed E-state index contributed by atoms with van der Waals surface area (Å²) in [5.41, 5.74) is 5.24. The summed E-state index contributed by atoms with van der Waals surface area (Å²) in [6, 6.07) is 17.5. The van der Waals surface area contributed by atoms with Gasteiger partial charge in [-0.05, 0) is 30.0 Å². The fourth-order valence-electron chi connectivity index (χ4n) is 1.89. The SMILES string of the molecule is Cc1ccc(-c2ccc(CC=CC(I)I)cc2)cc1. The second-order valence-corrected chi connectivity index (χ2v) is 9.60. The minimum Gasteiger partial charge on any atom is -0.0823 e. The first-order valence-corrected chi connectivity index (χ1v) is 8.75. The number of rotatable bonds is 4. The van der Waals surface area contributed by atoms with Gasteiger partial charge in [0.15, 0.2) is 0 Å². The van der Waals surface area contributed by atoms with Crippen molar-refractivity contribution in [2.24, 2.45) is 0 Å². The largest absolute Gasteiger partial charge is 0.0823 e. The Labute approximate surface area is 142 Å². The van der Waals surface area contributed by atoms with Crippen LogP contribution < -0.4 is 0 Å². The zero-order chi connectivity index (χ0) is 13.7. The molecule has 0 aromatic heterocycles. The first kappa shape index (κ1) is 15.0. The van der Waals surface area contributed by atoms with E-state index < -0.39 is 0 Å². The fourth-order valence-corrected chi connectivity index (χ4v) is 2.47. The molecule has 0 heterocycles. The van der Waals surface area contributed by atoms with Gasteiger partial charge in [-0.25, -0.2) is 0 Å². The van der Waals surface area contributed by atoms with E-state index >= 15 is 0 Å². The molecule has 0 amide bonds. The summed E-state index contributed by atoms with van der Waals surface area (Å²) in [5, 5.41) is 0. The van der Waals surface area contributed by atoms with Gasteiger partial charge in [0.2, 0.25) is 0 Å². The molecular formula is C17H16I2. The predicted molar refractivity (Wildman–Crippen MR) is 101 cm³/mol. The van der Waals surface area contributed by atoms with Crippen LogP contribution in [0.25, 0.3) is 11.1 Å². The minimum atomic E-state index is 0.571. The maximum Gasteiger partial charge on any atom is 0.0806 e. The Morgan fingerprint density at radius 1 is 0.895 bits per heavy atom. The normalized spacial score (nSPS) is 11.4. The van der Waals surface area contributed by atoms with Gasteiger partial charge in [-0.3, -0.25) is 0 Å². The summed E-state index contributed by atoms with van der Waals surface area (Å²) < 4.78 is 0.571.